The van der Waals surface area contributed by atoms with Crippen molar-refractivity contribution in [3.05, 3.63) is 89.0 Å². The molecule has 0 fully saturated rings. The van der Waals surface area contributed by atoms with E-state index in [1.54, 1.807) is 58.0 Å². The molecule has 0 spiro atoms. The lowest BCUT2D eigenvalue weighted by molar-refractivity contribution is -0.160. The second-order valence-corrected chi connectivity index (χ2v) is 13.1. The van der Waals surface area contributed by atoms with E-state index < -0.39 is 27.7 Å². The molecule has 0 aliphatic carbocycles. The second kappa shape index (κ2) is 10.8. The van der Waals surface area contributed by atoms with Crippen LogP contribution in [-0.4, -0.2) is 31.7 Å². The number of fused-ring (bicyclic) bond motifs is 2. The van der Waals surface area contributed by atoms with Crippen LogP contribution in [0, 0.1) is 13.8 Å². The van der Waals surface area contributed by atoms with Gasteiger partial charge in [-0.3, -0.25) is 4.72 Å². The zero-order valence-electron chi connectivity index (χ0n) is 23.9. The number of carboxylic acids is 1. The number of ether oxygens (including phenoxy) is 2. The average molecular weight is 574 g/mol. The number of carbonyl (C=O) groups is 1. The number of aliphatic carboxylic acids is 1. The number of benzene rings is 4. The average Bonchev–Trinajstić information content (AvgIpc) is 2.92. The van der Waals surface area contributed by atoms with E-state index in [0.717, 1.165) is 40.7 Å². The summed E-state index contributed by atoms with van der Waals surface area (Å²) in [6.07, 6.45) is 0.430. The minimum absolute atomic E-state index is 0.147. The number of aryl methyl sites for hydroxylation is 2. The van der Waals surface area contributed by atoms with E-state index in [0.29, 0.717) is 34.4 Å². The first-order valence-electron chi connectivity index (χ1n) is 13.7. The molecule has 0 saturated carbocycles. The Bertz CT molecular complexity index is 1750. The molecule has 1 unspecified atom stereocenters. The first kappa shape index (κ1) is 28.6. The van der Waals surface area contributed by atoms with E-state index >= 15 is 0 Å². The molecule has 1 aliphatic rings. The third-order valence-electron chi connectivity index (χ3n) is 7.27. The van der Waals surface area contributed by atoms with Crippen molar-refractivity contribution >= 4 is 32.5 Å². The minimum Gasteiger partial charge on any atom is -0.493 e. The standard InChI is InChI=1S/C33H35NO6S/c1-20-18-26(34-41(37,38)28-14-8-11-22-10-6-7-13-25(22)28)21(2)30(31(32(35)36)40-33(3,4)5)29(20)24-15-16-27-23(19-24)12-9-17-39-27/h6-8,10-11,13-16,18-19,31,34H,9,12,17H2,1-5H3,(H,35,36). The van der Waals surface area contributed by atoms with Crippen molar-refractivity contribution in [1.82, 2.24) is 0 Å². The molecule has 4 aromatic carbocycles. The van der Waals surface area contributed by atoms with E-state index in [4.69, 9.17) is 9.47 Å². The zero-order chi connectivity index (χ0) is 29.5. The van der Waals surface area contributed by atoms with Crippen LogP contribution in [0.1, 0.15) is 55.5 Å². The number of hydrogen-bond acceptors (Lipinski definition) is 5. The summed E-state index contributed by atoms with van der Waals surface area (Å²) in [6, 6.07) is 20.1. The van der Waals surface area contributed by atoms with Crippen molar-refractivity contribution in [1.29, 1.82) is 0 Å². The van der Waals surface area contributed by atoms with Crippen molar-refractivity contribution in [2.24, 2.45) is 0 Å². The van der Waals surface area contributed by atoms with Gasteiger partial charge >= 0.3 is 5.97 Å². The molecule has 5 rings (SSSR count). The van der Waals surface area contributed by atoms with Crippen molar-refractivity contribution in [3.63, 3.8) is 0 Å². The molecule has 0 aromatic heterocycles. The van der Waals surface area contributed by atoms with E-state index in [1.807, 2.05) is 43.3 Å². The Morgan fingerprint density at radius 3 is 2.49 bits per heavy atom. The summed E-state index contributed by atoms with van der Waals surface area (Å²) < 4.78 is 42.2. The topological polar surface area (TPSA) is 102 Å². The zero-order valence-corrected chi connectivity index (χ0v) is 24.8. The van der Waals surface area contributed by atoms with Crippen LogP contribution in [0.2, 0.25) is 0 Å². The monoisotopic (exact) mass is 573 g/mol. The van der Waals surface area contributed by atoms with Gasteiger partial charge in [0.1, 0.15) is 5.75 Å². The fourth-order valence-electron chi connectivity index (χ4n) is 5.49. The predicted octanol–water partition coefficient (Wildman–Crippen LogP) is 7.19. The van der Waals surface area contributed by atoms with Crippen LogP contribution in [0.3, 0.4) is 0 Å². The molecule has 214 valence electrons. The Morgan fingerprint density at radius 1 is 1.02 bits per heavy atom. The Kier molecular flexibility index (Phi) is 7.57. The summed E-state index contributed by atoms with van der Waals surface area (Å²) in [4.78, 5) is 12.9. The number of hydrogen-bond donors (Lipinski definition) is 2. The summed E-state index contributed by atoms with van der Waals surface area (Å²) in [5.41, 5.74) is 3.75. The number of sulfonamides is 1. The van der Waals surface area contributed by atoms with Gasteiger partial charge in [-0.2, -0.15) is 0 Å². The van der Waals surface area contributed by atoms with Crippen LogP contribution < -0.4 is 9.46 Å². The molecule has 0 amide bonds. The highest BCUT2D eigenvalue weighted by atomic mass is 32.2. The molecular weight excluding hydrogens is 538 g/mol. The fraction of sp³-hybridized carbons (Fsp3) is 0.303. The van der Waals surface area contributed by atoms with Crippen LogP contribution >= 0.6 is 0 Å². The van der Waals surface area contributed by atoms with Crippen LogP contribution in [0.15, 0.2) is 71.6 Å². The molecule has 8 heteroatoms. The number of rotatable bonds is 7. The summed E-state index contributed by atoms with van der Waals surface area (Å²) in [6.45, 7) is 9.67. The van der Waals surface area contributed by atoms with Gasteiger partial charge in [0.2, 0.25) is 0 Å². The van der Waals surface area contributed by atoms with E-state index in [2.05, 4.69) is 4.72 Å². The highest BCUT2D eigenvalue weighted by molar-refractivity contribution is 7.93. The van der Waals surface area contributed by atoms with Gasteiger partial charge in [0.15, 0.2) is 6.10 Å². The normalized spacial score (nSPS) is 14.3. The van der Waals surface area contributed by atoms with E-state index in [1.165, 1.54) is 0 Å². The van der Waals surface area contributed by atoms with Crippen LogP contribution in [-0.2, 0) is 26.0 Å². The molecule has 2 N–H and O–H groups in total. The van der Waals surface area contributed by atoms with E-state index in [9.17, 15) is 18.3 Å². The minimum atomic E-state index is -4.02. The Morgan fingerprint density at radius 2 is 1.76 bits per heavy atom. The Labute approximate surface area is 241 Å². The first-order valence-corrected chi connectivity index (χ1v) is 15.2. The lowest BCUT2D eigenvalue weighted by Gasteiger charge is -2.30. The van der Waals surface area contributed by atoms with Crippen molar-refractivity contribution in [2.75, 3.05) is 11.3 Å². The van der Waals surface area contributed by atoms with Crippen molar-refractivity contribution in [2.45, 2.75) is 64.1 Å². The maximum Gasteiger partial charge on any atom is 0.337 e. The van der Waals surface area contributed by atoms with Crippen molar-refractivity contribution in [3.8, 4) is 16.9 Å². The van der Waals surface area contributed by atoms with Gasteiger partial charge < -0.3 is 14.6 Å². The van der Waals surface area contributed by atoms with Crippen LogP contribution in [0.25, 0.3) is 21.9 Å². The lowest BCUT2D eigenvalue weighted by atomic mass is 9.86. The van der Waals surface area contributed by atoms with Gasteiger partial charge in [-0.25, -0.2) is 13.2 Å². The number of carboxylic acid groups (broad SMARTS) is 1. The smallest absolute Gasteiger partial charge is 0.337 e. The summed E-state index contributed by atoms with van der Waals surface area (Å²) >= 11 is 0. The van der Waals surface area contributed by atoms with Crippen LogP contribution in [0.4, 0.5) is 5.69 Å². The maximum atomic E-state index is 13.8. The van der Waals surface area contributed by atoms with Gasteiger partial charge in [0.25, 0.3) is 10.0 Å². The molecule has 1 aliphatic heterocycles. The molecule has 4 aromatic rings. The predicted molar refractivity (Wildman–Crippen MR) is 161 cm³/mol. The molecule has 0 radical (unpaired) electrons. The van der Waals surface area contributed by atoms with Gasteiger partial charge in [0.05, 0.1) is 22.8 Å². The third-order valence-corrected chi connectivity index (χ3v) is 8.69. The molecule has 0 bridgehead atoms. The highest BCUT2D eigenvalue weighted by Gasteiger charge is 2.33. The van der Waals surface area contributed by atoms with Gasteiger partial charge in [-0.05, 0) is 105 Å². The van der Waals surface area contributed by atoms with Gasteiger partial charge in [0, 0.05) is 10.9 Å². The second-order valence-electron chi connectivity index (χ2n) is 11.5. The number of nitrogens with one attached hydrogen (secondary N) is 1. The lowest BCUT2D eigenvalue weighted by Crippen LogP contribution is -2.28. The third kappa shape index (κ3) is 5.80. The molecule has 0 saturated heterocycles. The van der Waals surface area contributed by atoms with Crippen molar-refractivity contribution < 1.29 is 27.8 Å². The van der Waals surface area contributed by atoms with E-state index in [-0.39, 0.29) is 4.90 Å². The number of anilines is 1. The SMILES string of the molecule is Cc1cc(NS(=O)(=O)c2cccc3ccccc23)c(C)c(C(OC(C)(C)C)C(=O)O)c1-c1ccc2c(c1)CCCO2. The fourth-order valence-corrected chi connectivity index (χ4v) is 6.84. The quantitative estimate of drug-likeness (QED) is 0.243. The maximum absolute atomic E-state index is 13.8. The molecule has 1 heterocycles. The van der Waals surface area contributed by atoms with Crippen LogP contribution in [0.5, 0.6) is 5.75 Å². The molecule has 7 nitrogen and oxygen atoms in total. The molecule has 41 heavy (non-hydrogen) atoms. The Balaban J connectivity index is 1.70. The molecular formula is C33H35NO6S. The largest absolute Gasteiger partial charge is 0.493 e. The molecule has 1 atom stereocenters. The summed E-state index contributed by atoms with van der Waals surface area (Å²) in [7, 11) is -4.02. The first-order chi connectivity index (χ1) is 19.4. The van der Waals surface area contributed by atoms with Gasteiger partial charge in [-0.15, -0.1) is 0 Å². The Hall–Kier alpha value is -3.88. The summed E-state index contributed by atoms with van der Waals surface area (Å²) in [5.74, 6) is -0.324. The van der Waals surface area contributed by atoms with Gasteiger partial charge in [-0.1, -0.05) is 42.5 Å². The highest BCUT2D eigenvalue weighted by Crippen LogP contribution is 2.42. The summed E-state index contributed by atoms with van der Waals surface area (Å²) in [5, 5.41) is 11.8.